The van der Waals surface area contributed by atoms with Gasteiger partial charge in [0, 0.05) is 6.54 Å². The molecule has 1 aromatic carbocycles. The van der Waals surface area contributed by atoms with Crippen LogP contribution in [-0.4, -0.2) is 22.1 Å². The summed E-state index contributed by atoms with van der Waals surface area (Å²) in [4.78, 5) is 24.3. The molecule has 0 spiro atoms. The van der Waals surface area contributed by atoms with Crippen LogP contribution < -0.4 is 5.56 Å². The lowest BCUT2D eigenvalue weighted by Gasteiger charge is -2.10. The monoisotopic (exact) mass is 262 g/mol. The summed E-state index contributed by atoms with van der Waals surface area (Å²) in [7, 11) is 0. The van der Waals surface area contributed by atoms with Gasteiger partial charge in [-0.15, -0.1) is 0 Å². The Morgan fingerprint density at radius 2 is 2.00 bits per heavy atom. The molecule has 0 saturated heterocycles. The van der Waals surface area contributed by atoms with Gasteiger partial charge in [0.1, 0.15) is 0 Å². The Balaban J connectivity index is 2.62. The molecule has 0 unspecified atom stereocenters. The molecular weight excluding hydrogens is 244 g/mol. The maximum atomic E-state index is 12.3. The largest absolute Gasteiger partial charge is 0.448 e. The minimum absolute atomic E-state index is 0.142. The molecule has 2 rings (SSSR count). The fraction of sp³-hybridized carbons (Fsp3) is 0.429. The van der Waals surface area contributed by atoms with Gasteiger partial charge in [0.2, 0.25) is 0 Å². The molecule has 0 aliphatic carbocycles. The highest BCUT2D eigenvalue weighted by molar-refractivity contribution is 5.87. The van der Waals surface area contributed by atoms with Crippen LogP contribution in [0.3, 0.4) is 0 Å². The van der Waals surface area contributed by atoms with Crippen molar-refractivity contribution in [3.05, 3.63) is 34.6 Å². The van der Waals surface area contributed by atoms with Gasteiger partial charge in [-0.1, -0.05) is 25.5 Å². The average Bonchev–Trinajstić information content (AvgIpc) is 2.70. The van der Waals surface area contributed by atoms with Crippen LogP contribution in [0.25, 0.3) is 10.9 Å². The molecule has 0 aliphatic heterocycles. The SMILES string of the molecule is CCCCn1c(=O)c2ccccc2n1C(=O)OCC. The predicted octanol–water partition coefficient (Wildman–Crippen LogP) is 2.61. The van der Waals surface area contributed by atoms with Crippen molar-refractivity contribution in [1.82, 2.24) is 9.36 Å². The molecule has 19 heavy (non-hydrogen) atoms. The van der Waals surface area contributed by atoms with Gasteiger partial charge in [0.05, 0.1) is 17.5 Å². The van der Waals surface area contributed by atoms with Gasteiger partial charge in [0.25, 0.3) is 5.56 Å². The Bertz CT molecular complexity index is 640. The van der Waals surface area contributed by atoms with E-state index in [0.717, 1.165) is 12.8 Å². The number of fused-ring (bicyclic) bond motifs is 1. The Labute approximate surface area is 111 Å². The first-order valence-corrected chi connectivity index (χ1v) is 6.58. The van der Waals surface area contributed by atoms with Gasteiger partial charge in [-0.2, -0.15) is 4.68 Å². The number of benzene rings is 1. The third kappa shape index (κ3) is 2.41. The Hall–Kier alpha value is -2.04. The van der Waals surface area contributed by atoms with Crippen LogP contribution in [0.2, 0.25) is 0 Å². The average molecular weight is 262 g/mol. The number of hydrogen-bond acceptors (Lipinski definition) is 3. The van der Waals surface area contributed by atoms with E-state index in [0.29, 0.717) is 17.4 Å². The second kappa shape index (κ2) is 5.73. The second-order valence-electron chi connectivity index (χ2n) is 4.31. The van der Waals surface area contributed by atoms with E-state index in [4.69, 9.17) is 4.74 Å². The Morgan fingerprint density at radius 3 is 2.68 bits per heavy atom. The number of unbranched alkanes of at least 4 members (excludes halogenated alkanes) is 1. The molecule has 0 bridgehead atoms. The summed E-state index contributed by atoms with van der Waals surface area (Å²) in [5, 5.41) is 0.548. The minimum Gasteiger partial charge on any atom is -0.448 e. The third-order valence-electron chi connectivity index (χ3n) is 3.00. The number of nitrogens with zero attached hydrogens (tertiary/aromatic N) is 2. The van der Waals surface area contributed by atoms with Gasteiger partial charge in [-0.25, -0.2) is 9.48 Å². The topological polar surface area (TPSA) is 53.2 Å². The number of ether oxygens (including phenoxy) is 1. The molecule has 0 radical (unpaired) electrons. The molecule has 0 N–H and O–H groups in total. The lowest BCUT2D eigenvalue weighted by molar-refractivity contribution is 0.146. The summed E-state index contributed by atoms with van der Waals surface area (Å²) in [6.45, 7) is 4.59. The summed E-state index contributed by atoms with van der Waals surface area (Å²) < 4.78 is 7.84. The third-order valence-corrected chi connectivity index (χ3v) is 3.00. The molecule has 0 aliphatic rings. The number of carbonyl (C=O) groups excluding carboxylic acids is 1. The maximum Gasteiger partial charge on any atom is 0.433 e. The van der Waals surface area contributed by atoms with Crippen molar-refractivity contribution in [2.45, 2.75) is 33.2 Å². The van der Waals surface area contributed by atoms with E-state index in [-0.39, 0.29) is 12.2 Å². The molecule has 5 nitrogen and oxygen atoms in total. The van der Waals surface area contributed by atoms with Crippen molar-refractivity contribution in [3.63, 3.8) is 0 Å². The summed E-state index contributed by atoms with van der Waals surface area (Å²) in [6, 6.07) is 7.09. The number of rotatable bonds is 4. The predicted molar refractivity (Wildman–Crippen MR) is 73.5 cm³/mol. The summed E-state index contributed by atoms with van der Waals surface area (Å²) >= 11 is 0. The Morgan fingerprint density at radius 1 is 1.26 bits per heavy atom. The van der Waals surface area contributed by atoms with Crippen LogP contribution in [0.5, 0.6) is 0 Å². The highest BCUT2D eigenvalue weighted by atomic mass is 16.6. The summed E-state index contributed by atoms with van der Waals surface area (Å²) in [5.74, 6) is 0. The van der Waals surface area contributed by atoms with Crippen molar-refractivity contribution < 1.29 is 9.53 Å². The first-order chi connectivity index (χ1) is 9.20. The maximum absolute atomic E-state index is 12.3. The van der Waals surface area contributed by atoms with Gasteiger partial charge < -0.3 is 4.74 Å². The number of carbonyl (C=O) groups is 1. The van der Waals surface area contributed by atoms with E-state index >= 15 is 0 Å². The number of hydrogen-bond donors (Lipinski definition) is 0. The molecule has 5 heteroatoms. The quantitative estimate of drug-likeness (QED) is 0.851. The van der Waals surface area contributed by atoms with Gasteiger partial charge in [-0.05, 0) is 25.5 Å². The van der Waals surface area contributed by atoms with E-state index in [1.165, 1.54) is 9.36 Å². The zero-order valence-corrected chi connectivity index (χ0v) is 11.3. The fourth-order valence-electron chi connectivity index (χ4n) is 2.09. The van der Waals surface area contributed by atoms with Crippen LogP contribution in [0.15, 0.2) is 29.1 Å². The van der Waals surface area contributed by atoms with Crippen molar-refractivity contribution >= 4 is 17.0 Å². The number of aromatic nitrogens is 2. The van der Waals surface area contributed by atoms with Crippen LogP contribution in [-0.2, 0) is 11.3 Å². The van der Waals surface area contributed by atoms with Gasteiger partial charge >= 0.3 is 6.09 Å². The highest BCUT2D eigenvalue weighted by Gasteiger charge is 2.18. The minimum atomic E-state index is -0.503. The van der Waals surface area contributed by atoms with Crippen LogP contribution in [0, 0.1) is 0 Å². The molecular formula is C14H18N2O3. The second-order valence-corrected chi connectivity index (χ2v) is 4.31. The summed E-state index contributed by atoms with van der Waals surface area (Å²) in [6.07, 6.45) is 1.30. The molecule has 0 atom stereocenters. The summed E-state index contributed by atoms with van der Waals surface area (Å²) in [5.41, 5.74) is 0.458. The number of para-hydroxylation sites is 1. The van der Waals surface area contributed by atoms with Crippen LogP contribution in [0.4, 0.5) is 4.79 Å². The normalized spacial score (nSPS) is 10.8. The van der Waals surface area contributed by atoms with Crippen molar-refractivity contribution in [1.29, 1.82) is 0 Å². The van der Waals surface area contributed by atoms with Crippen molar-refractivity contribution in [2.24, 2.45) is 0 Å². The fourth-order valence-corrected chi connectivity index (χ4v) is 2.09. The van der Waals surface area contributed by atoms with Crippen molar-refractivity contribution in [2.75, 3.05) is 6.61 Å². The molecule has 0 saturated carbocycles. The molecule has 102 valence electrons. The van der Waals surface area contributed by atoms with E-state index < -0.39 is 6.09 Å². The van der Waals surface area contributed by atoms with Gasteiger partial charge in [-0.3, -0.25) is 4.79 Å². The smallest absolute Gasteiger partial charge is 0.433 e. The lowest BCUT2D eigenvalue weighted by Crippen LogP contribution is -2.28. The zero-order chi connectivity index (χ0) is 13.8. The van der Waals surface area contributed by atoms with E-state index in [2.05, 4.69) is 0 Å². The first kappa shape index (κ1) is 13.4. The standard InChI is InChI=1S/C14H18N2O3/c1-3-5-10-15-13(17)11-8-6-7-9-12(11)16(15)14(18)19-4-2/h6-9H,3-5,10H2,1-2H3. The van der Waals surface area contributed by atoms with E-state index in [9.17, 15) is 9.59 Å². The van der Waals surface area contributed by atoms with E-state index in [1.807, 2.05) is 13.0 Å². The first-order valence-electron chi connectivity index (χ1n) is 6.58. The lowest BCUT2D eigenvalue weighted by atomic mass is 10.2. The zero-order valence-electron chi connectivity index (χ0n) is 11.3. The molecule has 1 aromatic heterocycles. The molecule has 2 aromatic rings. The van der Waals surface area contributed by atoms with Gasteiger partial charge in [0.15, 0.2) is 0 Å². The molecule has 1 heterocycles. The van der Waals surface area contributed by atoms with Crippen LogP contribution in [0.1, 0.15) is 26.7 Å². The molecule has 0 amide bonds. The van der Waals surface area contributed by atoms with Crippen molar-refractivity contribution in [3.8, 4) is 0 Å². The van der Waals surface area contributed by atoms with E-state index in [1.54, 1.807) is 25.1 Å². The molecule has 0 fully saturated rings. The highest BCUT2D eigenvalue weighted by Crippen LogP contribution is 2.12. The van der Waals surface area contributed by atoms with Crippen LogP contribution >= 0.6 is 0 Å². The Kier molecular flexibility index (Phi) is 4.04.